The lowest BCUT2D eigenvalue weighted by molar-refractivity contribution is -0.388. The van der Waals surface area contributed by atoms with Crippen molar-refractivity contribution in [3.05, 3.63) is 62.4 Å². The molecule has 0 saturated carbocycles. The second-order valence-electron chi connectivity index (χ2n) is 4.78. The van der Waals surface area contributed by atoms with Gasteiger partial charge in [-0.15, -0.1) is 0 Å². The molecule has 6 heteroatoms. The van der Waals surface area contributed by atoms with Crippen LogP contribution in [0, 0.1) is 15.9 Å². The Labute approximate surface area is 129 Å². The summed E-state index contributed by atoms with van der Waals surface area (Å²) < 4.78 is 20.1. The average molecular weight is 354 g/mol. The van der Waals surface area contributed by atoms with Gasteiger partial charge in [-0.25, -0.2) is 0 Å². The average Bonchev–Trinajstić information content (AvgIpc) is 2.40. The summed E-state index contributed by atoms with van der Waals surface area (Å²) in [7, 11) is 0. The largest absolute Gasteiger partial charge is 0.450 e. The van der Waals surface area contributed by atoms with E-state index in [2.05, 4.69) is 15.9 Å². The van der Waals surface area contributed by atoms with Crippen LogP contribution in [0.5, 0.6) is 11.5 Å². The molecule has 0 atom stereocenters. The molecule has 0 aromatic heterocycles. The fourth-order valence-corrected chi connectivity index (χ4v) is 2.32. The number of ether oxygens (including phenoxy) is 1. The maximum Gasteiger partial charge on any atom is 0.346 e. The fourth-order valence-electron chi connectivity index (χ4n) is 1.94. The Morgan fingerprint density at radius 3 is 2.57 bits per heavy atom. The molecule has 21 heavy (non-hydrogen) atoms. The molecule has 110 valence electrons. The molecular formula is C15H13BrFNO3. The van der Waals surface area contributed by atoms with Gasteiger partial charge in [0.15, 0.2) is 0 Å². The van der Waals surface area contributed by atoms with Gasteiger partial charge in [-0.05, 0) is 41.8 Å². The second kappa shape index (κ2) is 6.22. The lowest BCUT2D eigenvalue weighted by Crippen LogP contribution is -1.99. The van der Waals surface area contributed by atoms with Crippen LogP contribution in [0.3, 0.4) is 0 Å². The highest BCUT2D eigenvalue weighted by Gasteiger charge is 2.22. The van der Waals surface area contributed by atoms with E-state index < -0.39 is 16.4 Å². The van der Waals surface area contributed by atoms with Gasteiger partial charge in [0.1, 0.15) is 5.75 Å². The lowest BCUT2D eigenvalue weighted by atomic mass is 10.0. The van der Waals surface area contributed by atoms with Crippen molar-refractivity contribution >= 4 is 21.6 Å². The quantitative estimate of drug-likeness (QED) is 0.545. The number of nitro benzene ring substituents is 1. The van der Waals surface area contributed by atoms with E-state index in [9.17, 15) is 14.5 Å². The zero-order valence-corrected chi connectivity index (χ0v) is 13.1. The van der Waals surface area contributed by atoms with Gasteiger partial charge >= 0.3 is 5.69 Å². The highest BCUT2D eigenvalue weighted by atomic mass is 79.9. The Balaban J connectivity index is 2.49. The summed E-state index contributed by atoms with van der Waals surface area (Å²) in [6, 6.07) is 9.15. The molecule has 0 aliphatic carbocycles. The van der Waals surface area contributed by atoms with Crippen molar-refractivity contribution in [1.82, 2.24) is 0 Å². The number of halogens is 2. The molecular weight excluding hydrogens is 341 g/mol. The standard InChI is InChI=1S/C15H13BrFNO3/c1-9(2)11-8-10(16)6-7-13(11)21-14-5-3-4-12(17)15(14)18(19)20/h3-9H,1-2H3. The number of nitrogens with zero attached hydrogens (tertiary/aromatic N) is 1. The third kappa shape index (κ3) is 3.39. The van der Waals surface area contributed by atoms with E-state index in [1.807, 2.05) is 19.9 Å². The van der Waals surface area contributed by atoms with Gasteiger partial charge < -0.3 is 4.74 Å². The van der Waals surface area contributed by atoms with E-state index in [0.717, 1.165) is 16.1 Å². The Hall–Kier alpha value is -1.95. The minimum Gasteiger partial charge on any atom is -0.450 e. The predicted molar refractivity (Wildman–Crippen MR) is 81.4 cm³/mol. The normalized spacial score (nSPS) is 10.7. The highest BCUT2D eigenvalue weighted by Crippen LogP contribution is 2.37. The monoisotopic (exact) mass is 353 g/mol. The zero-order chi connectivity index (χ0) is 15.6. The topological polar surface area (TPSA) is 52.4 Å². The summed E-state index contributed by atoms with van der Waals surface area (Å²) in [5, 5.41) is 11.0. The molecule has 0 bridgehead atoms. The second-order valence-corrected chi connectivity index (χ2v) is 5.70. The van der Waals surface area contributed by atoms with E-state index in [0.29, 0.717) is 5.75 Å². The molecule has 0 aliphatic heterocycles. The van der Waals surface area contributed by atoms with Crippen LogP contribution in [0.4, 0.5) is 10.1 Å². The van der Waals surface area contributed by atoms with Crippen LogP contribution in [0.25, 0.3) is 0 Å². The first kappa shape index (κ1) is 15.4. The summed E-state index contributed by atoms with van der Waals surface area (Å²) in [5.74, 6) is -0.392. The first-order chi connectivity index (χ1) is 9.90. The van der Waals surface area contributed by atoms with Gasteiger partial charge in [0.05, 0.1) is 4.92 Å². The minimum atomic E-state index is -0.916. The van der Waals surface area contributed by atoms with Crippen LogP contribution in [0.15, 0.2) is 40.9 Å². The van der Waals surface area contributed by atoms with Crippen LogP contribution in [0.1, 0.15) is 25.3 Å². The number of hydrogen-bond acceptors (Lipinski definition) is 3. The third-order valence-electron chi connectivity index (χ3n) is 2.95. The maximum atomic E-state index is 13.6. The van der Waals surface area contributed by atoms with Gasteiger partial charge in [0, 0.05) is 4.47 Å². The molecule has 0 spiro atoms. The molecule has 0 radical (unpaired) electrons. The summed E-state index contributed by atoms with van der Waals surface area (Å²) in [6.07, 6.45) is 0. The first-order valence-corrected chi connectivity index (χ1v) is 7.09. The maximum absolute atomic E-state index is 13.6. The minimum absolute atomic E-state index is 0.107. The Morgan fingerprint density at radius 1 is 1.24 bits per heavy atom. The molecule has 0 unspecified atom stereocenters. The van der Waals surface area contributed by atoms with Gasteiger partial charge in [-0.2, -0.15) is 4.39 Å². The summed E-state index contributed by atoms with van der Waals surface area (Å²) in [6.45, 7) is 3.96. The van der Waals surface area contributed by atoms with E-state index in [1.54, 1.807) is 12.1 Å². The van der Waals surface area contributed by atoms with Crippen molar-refractivity contribution in [1.29, 1.82) is 0 Å². The van der Waals surface area contributed by atoms with E-state index in [-0.39, 0.29) is 11.7 Å². The Kier molecular flexibility index (Phi) is 4.57. The van der Waals surface area contributed by atoms with Gasteiger partial charge in [-0.1, -0.05) is 35.8 Å². The molecule has 0 saturated heterocycles. The number of benzene rings is 2. The Bertz CT molecular complexity index is 689. The molecule has 0 heterocycles. The van der Waals surface area contributed by atoms with Crippen LogP contribution in [-0.4, -0.2) is 4.92 Å². The van der Waals surface area contributed by atoms with E-state index in [1.165, 1.54) is 12.1 Å². The van der Waals surface area contributed by atoms with Crippen molar-refractivity contribution in [3.8, 4) is 11.5 Å². The lowest BCUT2D eigenvalue weighted by Gasteiger charge is -2.14. The molecule has 0 amide bonds. The van der Waals surface area contributed by atoms with Gasteiger partial charge in [0.2, 0.25) is 11.6 Å². The predicted octanol–water partition coefficient (Wildman–Crippen LogP) is 5.41. The van der Waals surface area contributed by atoms with Crippen molar-refractivity contribution in [2.24, 2.45) is 0 Å². The first-order valence-electron chi connectivity index (χ1n) is 6.30. The summed E-state index contributed by atoms with van der Waals surface area (Å²) >= 11 is 3.38. The van der Waals surface area contributed by atoms with Crippen molar-refractivity contribution in [2.75, 3.05) is 0 Å². The van der Waals surface area contributed by atoms with E-state index >= 15 is 0 Å². The van der Waals surface area contributed by atoms with Crippen molar-refractivity contribution in [2.45, 2.75) is 19.8 Å². The highest BCUT2D eigenvalue weighted by molar-refractivity contribution is 9.10. The number of nitro groups is 1. The molecule has 4 nitrogen and oxygen atoms in total. The van der Waals surface area contributed by atoms with Crippen LogP contribution >= 0.6 is 15.9 Å². The molecule has 2 aromatic carbocycles. The molecule has 0 fully saturated rings. The Morgan fingerprint density at radius 2 is 1.95 bits per heavy atom. The number of hydrogen-bond donors (Lipinski definition) is 0. The molecule has 2 rings (SSSR count). The summed E-state index contributed by atoms with van der Waals surface area (Å²) in [4.78, 5) is 10.2. The van der Waals surface area contributed by atoms with Gasteiger partial charge in [0.25, 0.3) is 0 Å². The van der Waals surface area contributed by atoms with Crippen LogP contribution in [0.2, 0.25) is 0 Å². The van der Waals surface area contributed by atoms with E-state index in [4.69, 9.17) is 4.74 Å². The number of rotatable bonds is 4. The SMILES string of the molecule is CC(C)c1cc(Br)ccc1Oc1cccc(F)c1[N+](=O)[O-]. The fraction of sp³-hybridized carbons (Fsp3) is 0.200. The molecule has 0 aliphatic rings. The summed E-state index contributed by atoms with van der Waals surface area (Å²) in [5.41, 5.74) is 0.220. The van der Waals surface area contributed by atoms with Gasteiger partial charge in [-0.3, -0.25) is 10.1 Å². The van der Waals surface area contributed by atoms with Crippen LogP contribution < -0.4 is 4.74 Å². The third-order valence-corrected chi connectivity index (χ3v) is 3.44. The molecule has 0 N–H and O–H groups in total. The molecule has 2 aromatic rings. The smallest absolute Gasteiger partial charge is 0.346 e. The zero-order valence-electron chi connectivity index (χ0n) is 11.5. The number of para-hydroxylation sites is 1. The van der Waals surface area contributed by atoms with Crippen LogP contribution in [-0.2, 0) is 0 Å². The van der Waals surface area contributed by atoms with Crippen molar-refractivity contribution < 1.29 is 14.1 Å². The van der Waals surface area contributed by atoms with Crippen molar-refractivity contribution in [3.63, 3.8) is 0 Å².